The Kier molecular flexibility index (Phi) is 2.30. The molecule has 0 saturated heterocycles. The van der Waals surface area contributed by atoms with Gasteiger partial charge in [0, 0.05) is 17.3 Å². The molecule has 0 bridgehead atoms. The zero-order valence-corrected chi connectivity index (χ0v) is 10.6. The number of benzene rings is 1. The average Bonchev–Trinajstić information content (AvgIpc) is 2.73. The molecule has 16 heavy (non-hydrogen) atoms. The van der Waals surface area contributed by atoms with Crippen LogP contribution in [-0.2, 0) is 6.54 Å². The molecular weight excluding hydrogens is 214 g/mol. The summed E-state index contributed by atoms with van der Waals surface area (Å²) in [5.41, 5.74) is 1.97. The van der Waals surface area contributed by atoms with Crippen LogP contribution in [0.1, 0.15) is 25.8 Å². The van der Waals surface area contributed by atoms with Crippen molar-refractivity contribution in [1.29, 1.82) is 0 Å². The van der Waals surface area contributed by atoms with Gasteiger partial charge in [-0.3, -0.25) is 0 Å². The molecular formula is C14H17NS. The van der Waals surface area contributed by atoms with Crippen molar-refractivity contribution in [1.82, 2.24) is 5.32 Å². The van der Waals surface area contributed by atoms with Crippen molar-refractivity contribution in [3.05, 3.63) is 35.2 Å². The molecule has 1 saturated carbocycles. The second-order valence-corrected chi connectivity index (χ2v) is 6.29. The first-order valence-electron chi connectivity index (χ1n) is 5.85. The van der Waals surface area contributed by atoms with Gasteiger partial charge in [0.05, 0.1) is 0 Å². The van der Waals surface area contributed by atoms with Gasteiger partial charge in [0.25, 0.3) is 0 Å². The highest BCUT2D eigenvalue weighted by atomic mass is 32.1. The number of hydrogen-bond donors (Lipinski definition) is 1. The lowest BCUT2D eigenvalue weighted by atomic mass is 10.1. The Labute approximate surface area is 100 Å². The highest BCUT2D eigenvalue weighted by molar-refractivity contribution is 7.17. The van der Waals surface area contributed by atoms with Gasteiger partial charge in [-0.1, -0.05) is 32.0 Å². The van der Waals surface area contributed by atoms with Crippen LogP contribution in [0.15, 0.2) is 29.6 Å². The van der Waals surface area contributed by atoms with Gasteiger partial charge in [-0.05, 0) is 34.2 Å². The summed E-state index contributed by atoms with van der Waals surface area (Å²) in [5, 5.41) is 7.35. The Morgan fingerprint density at radius 3 is 2.88 bits per heavy atom. The Hall–Kier alpha value is -0.860. The van der Waals surface area contributed by atoms with Crippen LogP contribution in [-0.4, -0.2) is 6.04 Å². The van der Waals surface area contributed by atoms with E-state index in [0.29, 0.717) is 11.5 Å². The largest absolute Gasteiger partial charge is 0.309 e. The third-order valence-corrected chi connectivity index (χ3v) is 4.63. The van der Waals surface area contributed by atoms with E-state index < -0.39 is 0 Å². The summed E-state index contributed by atoms with van der Waals surface area (Å²) in [6.45, 7) is 5.67. The quantitative estimate of drug-likeness (QED) is 0.847. The molecule has 1 fully saturated rings. The summed E-state index contributed by atoms with van der Waals surface area (Å²) in [6.07, 6.45) is 1.31. The molecule has 1 unspecified atom stereocenters. The van der Waals surface area contributed by atoms with Crippen molar-refractivity contribution in [2.24, 2.45) is 5.41 Å². The van der Waals surface area contributed by atoms with E-state index in [9.17, 15) is 0 Å². The van der Waals surface area contributed by atoms with E-state index in [2.05, 4.69) is 48.8 Å². The summed E-state index contributed by atoms with van der Waals surface area (Å²) >= 11 is 1.85. The molecule has 1 nitrogen and oxygen atoms in total. The molecule has 0 spiro atoms. The van der Waals surface area contributed by atoms with E-state index >= 15 is 0 Å². The fourth-order valence-corrected chi connectivity index (χ4v) is 3.18. The van der Waals surface area contributed by atoms with E-state index in [1.807, 2.05) is 11.3 Å². The molecule has 1 aliphatic carbocycles. The van der Waals surface area contributed by atoms with Crippen LogP contribution in [0.2, 0.25) is 0 Å². The second-order valence-electron chi connectivity index (χ2n) is 5.38. The minimum atomic E-state index is 0.520. The fraction of sp³-hybridized carbons (Fsp3) is 0.429. The molecule has 1 atom stereocenters. The van der Waals surface area contributed by atoms with Gasteiger partial charge in [-0.15, -0.1) is 11.3 Å². The fourth-order valence-electron chi connectivity index (χ4n) is 2.22. The van der Waals surface area contributed by atoms with Crippen molar-refractivity contribution < 1.29 is 0 Å². The van der Waals surface area contributed by atoms with Crippen molar-refractivity contribution in [2.45, 2.75) is 32.9 Å². The van der Waals surface area contributed by atoms with Crippen LogP contribution >= 0.6 is 11.3 Å². The standard InChI is InChI=1S/C14H17NS/c1-14(2)7-13(14)15-8-10-9-16-12-6-4-3-5-11(10)12/h3-6,9,13,15H,7-8H2,1-2H3. The van der Waals surface area contributed by atoms with E-state index in [1.165, 1.54) is 22.1 Å². The molecule has 0 amide bonds. The van der Waals surface area contributed by atoms with Crippen LogP contribution in [0.4, 0.5) is 0 Å². The first-order chi connectivity index (χ1) is 7.67. The number of hydrogen-bond acceptors (Lipinski definition) is 2. The van der Waals surface area contributed by atoms with Crippen LogP contribution in [0.3, 0.4) is 0 Å². The third-order valence-electron chi connectivity index (χ3n) is 3.61. The number of thiophene rings is 1. The molecule has 1 aliphatic rings. The van der Waals surface area contributed by atoms with E-state index in [1.54, 1.807) is 0 Å². The topological polar surface area (TPSA) is 12.0 Å². The van der Waals surface area contributed by atoms with Crippen LogP contribution in [0, 0.1) is 5.41 Å². The first kappa shape index (κ1) is 10.3. The average molecular weight is 231 g/mol. The van der Waals surface area contributed by atoms with Crippen molar-refractivity contribution >= 4 is 21.4 Å². The van der Waals surface area contributed by atoms with Gasteiger partial charge in [0.2, 0.25) is 0 Å². The summed E-state index contributed by atoms with van der Waals surface area (Å²) in [5.74, 6) is 0. The predicted molar refractivity (Wildman–Crippen MR) is 70.9 cm³/mol. The maximum atomic E-state index is 3.65. The maximum absolute atomic E-state index is 3.65. The van der Waals surface area contributed by atoms with E-state index in [-0.39, 0.29) is 0 Å². The molecule has 1 aromatic heterocycles. The lowest BCUT2D eigenvalue weighted by Gasteiger charge is -2.05. The van der Waals surface area contributed by atoms with Crippen LogP contribution in [0.25, 0.3) is 10.1 Å². The lowest BCUT2D eigenvalue weighted by molar-refractivity contribution is 0.543. The molecule has 2 aromatic rings. The minimum absolute atomic E-state index is 0.520. The predicted octanol–water partition coefficient (Wildman–Crippen LogP) is 3.79. The highest BCUT2D eigenvalue weighted by Gasteiger charge is 2.44. The molecule has 1 heterocycles. The highest BCUT2D eigenvalue weighted by Crippen LogP contribution is 2.44. The maximum Gasteiger partial charge on any atom is 0.0346 e. The zero-order valence-electron chi connectivity index (χ0n) is 9.79. The Balaban J connectivity index is 1.75. The van der Waals surface area contributed by atoms with Gasteiger partial charge < -0.3 is 5.32 Å². The Morgan fingerprint density at radius 1 is 1.38 bits per heavy atom. The van der Waals surface area contributed by atoms with Crippen molar-refractivity contribution in [3.8, 4) is 0 Å². The number of rotatable bonds is 3. The minimum Gasteiger partial charge on any atom is -0.309 e. The van der Waals surface area contributed by atoms with Crippen molar-refractivity contribution in [2.75, 3.05) is 0 Å². The molecule has 3 rings (SSSR count). The number of nitrogens with one attached hydrogen (secondary N) is 1. The summed E-state index contributed by atoms with van der Waals surface area (Å²) in [7, 11) is 0. The van der Waals surface area contributed by atoms with Gasteiger partial charge >= 0.3 is 0 Å². The monoisotopic (exact) mass is 231 g/mol. The van der Waals surface area contributed by atoms with Crippen LogP contribution < -0.4 is 5.32 Å². The number of fused-ring (bicyclic) bond motifs is 1. The SMILES string of the molecule is CC1(C)CC1NCc1csc2ccccc12. The molecule has 1 N–H and O–H groups in total. The van der Waals surface area contributed by atoms with Gasteiger partial charge in [0.1, 0.15) is 0 Å². The molecule has 84 valence electrons. The van der Waals surface area contributed by atoms with E-state index in [4.69, 9.17) is 0 Å². The Morgan fingerprint density at radius 2 is 2.12 bits per heavy atom. The smallest absolute Gasteiger partial charge is 0.0346 e. The van der Waals surface area contributed by atoms with Gasteiger partial charge in [-0.25, -0.2) is 0 Å². The normalized spacial score (nSPS) is 22.5. The van der Waals surface area contributed by atoms with Crippen LogP contribution in [0.5, 0.6) is 0 Å². The summed E-state index contributed by atoms with van der Waals surface area (Å²) in [6, 6.07) is 9.37. The second kappa shape index (κ2) is 3.57. The van der Waals surface area contributed by atoms with Crippen molar-refractivity contribution in [3.63, 3.8) is 0 Å². The zero-order chi connectivity index (χ0) is 11.2. The summed E-state index contributed by atoms with van der Waals surface area (Å²) in [4.78, 5) is 0. The molecule has 2 heteroatoms. The van der Waals surface area contributed by atoms with Gasteiger partial charge in [0.15, 0.2) is 0 Å². The Bertz CT molecular complexity index is 512. The van der Waals surface area contributed by atoms with Gasteiger partial charge in [-0.2, -0.15) is 0 Å². The molecule has 0 aliphatic heterocycles. The lowest BCUT2D eigenvalue weighted by Crippen LogP contribution is -2.19. The first-order valence-corrected chi connectivity index (χ1v) is 6.73. The molecule has 0 radical (unpaired) electrons. The third kappa shape index (κ3) is 1.76. The van der Waals surface area contributed by atoms with E-state index in [0.717, 1.165) is 6.54 Å². The summed E-state index contributed by atoms with van der Waals surface area (Å²) < 4.78 is 1.40. The molecule has 1 aromatic carbocycles.